The van der Waals surface area contributed by atoms with Gasteiger partial charge < -0.3 is 4.52 Å². The van der Waals surface area contributed by atoms with Crippen molar-refractivity contribution in [3.63, 3.8) is 0 Å². The standard InChI is InChI=1S/C14H9F3N4O2/c15-14(16,17)13-20-12(21-23-13)9-3-1-8(2-4-9)5-11(22)10-6-18-19-7-10/h1-4,6-7H,5H2,(H,18,19). The van der Waals surface area contributed by atoms with Crippen molar-refractivity contribution >= 4 is 5.78 Å². The van der Waals surface area contributed by atoms with Crippen LogP contribution < -0.4 is 0 Å². The molecule has 0 radical (unpaired) electrons. The lowest BCUT2D eigenvalue weighted by atomic mass is 10.0. The molecular weight excluding hydrogens is 313 g/mol. The second kappa shape index (κ2) is 5.67. The number of halogens is 3. The summed E-state index contributed by atoms with van der Waals surface area (Å²) in [6.07, 6.45) is -1.61. The SMILES string of the molecule is O=C(Cc1ccc(-c2noc(C(F)(F)F)n2)cc1)c1cn[nH]c1. The second-order valence-corrected chi connectivity index (χ2v) is 4.70. The predicted molar refractivity (Wildman–Crippen MR) is 71.4 cm³/mol. The lowest BCUT2D eigenvalue weighted by molar-refractivity contribution is -0.159. The Hall–Kier alpha value is -2.97. The van der Waals surface area contributed by atoms with Gasteiger partial charge in [-0.25, -0.2) is 0 Å². The highest BCUT2D eigenvalue weighted by Gasteiger charge is 2.38. The highest BCUT2D eigenvalue weighted by molar-refractivity contribution is 5.97. The Bertz CT molecular complexity index is 807. The molecule has 0 spiro atoms. The molecule has 0 unspecified atom stereocenters. The summed E-state index contributed by atoms with van der Waals surface area (Å²) in [5, 5.41) is 9.55. The number of Topliss-reactive ketones (excluding diaryl/α,β-unsaturated/α-hetero) is 1. The third-order valence-electron chi connectivity index (χ3n) is 3.07. The summed E-state index contributed by atoms with van der Waals surface area (Å²) in [5.41, 5.74) is 1.53. The van der Waals surface area contributed by atoms with Crippen LogP contribution in [0, 0.1) is 0 Å². The molecule has 0 atom stereocenters. The van der Waals surface area contributed by atoms with Gasteiger partial charge in [0.1, 0.15) is 0 Å². The van der Waals surface area contributed by atoms with E-state index in [1.165, 1.54) is 24.5 Å². The Morgan fingerprint density at radius 1 is 1.22 bits per heavy atom. The molecule has 3 aromatic rings. The van der Waals surface area contributed by atoms with E-state index in [4.69, 9.17) is 0 Å². The lowest BCUT2D eigenvalue weighted by Gasteiger charge is -2.00. The van der Waals surface area contributed by atoms with Crippen LogP contribution in [-0.2, 0) is 12.6 Å². The molecule has 118 valence electrons. The number of ketones is 1. The maximum Gasteiger partial charge on any atom is 0.471 e. The van der Waals surface area contributed by atoms with Crippen LogP contribution in [0.5, 0.6) is 0 Å². The number of carbonyl (C=O) groups excluding carboxylic acids is 1. The number of alkyl halides is 3. The van der Waals surface area contributed by atoms with Crippen molar-refractivity contribution in [2.45, 2.75) is 12.6 Å². The lowest BCUT2D eigenvalue weighted by Crippen LogP contribution is -2.04. The van der Waals surface area contributed by atoms with E-state index in [-0.39, 0.29) is 18.0 Å². The largest absolute Gasteiger partial charge is 0.471 e. The fourth-order valence-corrected chi connectivity index (χ4v) is 1.92. The fourth-order valence-electron chi connectivity index (χ4n) is 1.92. The van der Waals surface area contributed by atoms with Gasteiger partial charge in [-0.3, -0.25) is 9.89 Å². The van der Waals surface area contributed by atoms with Crippen LogP contribution in [0.4, 0.5) is 13.2 Å². The number of hydrogen-bond acceptors (Lipinski definition) is 5. The van der Waals surface area contributed by atoms with Crippen LogP contribution >= 0.6 is 0 Å². The summed E-state index contributed by atoms with van der Waals surface area (Å²) in [7, 11) is 0. The molecule has 23 heavy (non-hydrogen) atoms. The summed E-state index contributed by atoms with van der Waals surface area (Å²) < 4.78 is 41.4. The third kappa shape index (κ3) is 3.28. The minimum absolute atomic E-state index is 0.120. The Labute approximate surface area is 127 Å². The average molecular weight is 322 g/mol. The molecule has 2 aromatic heterocycles. The van der Waals surface area contributed by atoms with Crippen molar-refractivity contribution in [3.8, 4) is 11.4 Å². The Balaban J connectivity index is 1.74. The molecule has 0 aliphatic carbocycles. The fraction of sp³-hybridized carbons (Fsp3) is 0.143. The zero-order valence-corrected chi connectivity index (χ0v) is 11.5. The molecule has 0 aliphatic rings. The number of aromatic nitrogens is 4. The zero-order valence-electron chi connectivity index (χ0n) is 11.5. The molecule has 6 nitrogen and oxygen atoms in total. The molecule has 0 saturated heterocycles. The van der Waals surface area contributed by atoms with Gasteiger partial charge in [0.05, 0.1) is 11.8 Å². The van der Waals surface area contributed by atoms with Gasteiger partial charge in [0.25, 0.3) is 0 Å². The molecule has 0 aliphatic heterocycles. The normalized spacial score (nSPS) is 11.6. The van der Waals surface area contributed by atoms with Crippen LogP contribution in [0.3, 0.4) is 0 Å². The van der Waals surface area contributed by atoms with Gasteiger partial charge in [-0.15, -0.1) is 0 Å². The number of benzene rings is 1. The molecule has 2 heterocycles. The van der Waals surface area contributed by atoms with Gasteiger partial charge in [0.2, 0.25) is 5.82 Å². The van der Waals surface area contributed by atoms with Crippen molar-refractivity contribution in [3.05, 3.63) is 53.7 Å². The number of hydrogen-bond donors (Lipinski definition) is 1. The van der Waals surface area contributed by atoms with E-state index in [0.29, 0.717) is 16.7 Å². The van der Waals surface area contributed by atoms with Crippen molar-refractivity contribution in [2.75, 3.05) is 0 Å². The van der Waals surface area contributed by atoms with Gasteiger partial charge in [-0.1, -0.05) is 29.4 Å². The van der Waals surface area contributed by atoms with Gasteiger partial charge in [0.15, 0.2) is 5.78 Å². The highest BCUT2D eigenvalue weighted by atomic mass is 19.4. The number of rotatable bonds is 4. The van der Waals surface area contributed by atoms with Crippen LogP contribution in [0.2, 0.25) is 0 Å². The van der Waals surface area contributed by atoms with Crippen molar-refractivity contribution < 1.29 is 22.5 Å². The first-order valence-electron chi connectivity index (χ1n) is 6.45. The van der Waals surface area contributed by atoms with E-state index in [0.717, 1.165) is 0 Å². The molecule has 0 amide bonds. The van der Waals surface area contributed by atoms with Crippen molar-refractivity contribution in [2.24, 2.45) is 0 Å². The molecule has 9 heteroatoms. The molecule has 3 rings (SSSR count). The minimum atomic E-state index is -4.68. The molecular formula is C14H9F3N4O2. The van der Waals surface area contributed by atoms with Crippen molar-refractivity contribution in [1.29, 1.82) is 0 Å². The summed E-state index contributed by atoms with van der Waals surface area (Å²) >= 11 is 0. The Morgan fingerprint density at radius 2 is 1.96 bits per heavy atom. The van der Waals surface area contributed by atoms with Crippen LogP contribution in [0.25, 0.3) is 11.4 Å². The van der Waals surface area contributed by atoms with Crippen LogP contribution in [0.1, 0.15) is 21.8 Å². The summed E-state index contributed by atoms with van der Waals surface area (Å²) in [6.45, 7) is 0. The minimum Gasteiger partial charge on any atom is -0.329 e. The number of carbonyl (C=O) groups is 1. The molecule has 0 fully saturated rings. The van der Waals surface area contributed by atoms with Crippen LogP contribution in [-0.4, -0.2) is 26.1 Å². The van der Waals surface area contributed by atoms with Gasteiger partial charge in [-0.2, -0.15) is 23.3 Å². The quantitative estimate of drug-likeness (QED) is 0.747. The number of nitrogens with zero attached hydrogens (tertiary/aromatic N) is 3. The Kier molecular flexibility index (Phi) is 3.68. The number of nitrogens with one attached hydrogen (secondary N) is 1. The highest BCUT2D eigenvalue weighted by Crippen LogP contribution is 2.29. The van der Waals surface area contributed by atoms with E-state index in [1.807, 2.05) is 0 Å². The van der Waals surface area contributed by atoms with Gasteiger partial charge >= 0.3 is 12.1 Å². The monoisotopic (exact) mass is 322 g/mol. The predicted octanol–water partition coefficient (Wildman–Crippen LogP) is 2.90. The topological polar surface area (TPSA) is 84.7 Å². The van der Waals surface area contributed by atoms with Gasteiger partial charge in [0, 0.05) is 18.2 Å². The number of aromatic amines is 1. The van der Waals surface area contributed by atoms with E-state index in [1.54, 1.807) is 12.1 Å². The molecule has 0 saturated carbocycles. The zero-order chi connectivity index (χ0) is 16.4. The summed E-state index contributed by atoms with van der Waals surface area (Å²) in [4.78, 5) is 15.2. The second-order valence-electron chi connectivity index (χ2n) is 4.70. The first kappa shape index (κ1) is 14.9. The first-order chi connectivity index (χ1) is 10.9. The molecule has 1 aromatic carbocycles. The summed E-state index contributed by atoms with van der Waals surface area (Å²) in [6, 6.07) is 6.31. The van der Waals surface area contributed by atoms with E-state index in [2.05, 4.69) is 24.9 Å². The molecule has 1 N–H and O–H groups in total. The third-order valence-corrected chi connectivity index (χ3v) is 3.07. The van der Waals surface area contributed by atoms with Crippen molar-refractivity contribution in [1.82, 2.24) is 20.3 Å². The Morgan fingerprint density at radius 3 is 2.52 bits per heavy atom. The van der Waals surface area contributed by atoms with E-state index >= 15 is 0 Å². The average Bonchev–Trinajstić information content (AvgIpc) is 3.19. The van der Waals surface area contributed by atoms with Gasteiger partial charge in [-0.05, 0) is 5.56 Å². The molecule has 0 bridgehead atoms. The first-order valence-corrected chi connectivity index (χ1v) is 6.45. The summed E-state index contributed by atoms with van der Waals surface area (Å²) in [5.74, 6) is -1.68. The van der Waals surface area contributed by atoms with E-state index < -0.39 is 12.1 Å². The maximum absolute atomic E-state index is 12.4. The van der Waals surface area contributed by atoms with Crippen LogP contribution in [0.15, 0.2) is 41.2 Å². The number of H-pyrrole nitrogens is 1. The smallest absolute Gasteiger partial charge is 0.329 e. The van der Waals surface area contributed by atoms with E-state index in [9.17, 15) is 18.0 Å². The maximum atomic E-state index is 12.4.